The lowest BCUT2D eigenvalue weighted by Gasteiger charge is -2.10. The molecule has 0 spiro atoms. The predicted molar refractivity (Wildman–Crippen MR) is 125 cm³/mol. The number of benzene rings is 1. The van der Waals surface area contributed by atoms with E-state index in [9.17, 15) is 4.79 Å². The summed E-state index contributed by atoms with van der Waals surface area (Å²) >= 11 is 3.19. The monoisotopic (exact) mass is 445 g/mol. The summed E-state index contributed by atoms with van der Waals surface area (Å²) in [5.74, 6) is 1.39. The van der Waals surface area contributed by atoms with Gasteiger partial charge in [-0.05, 0) is 41.6 Å². The molecule has 154 valence electrons. The van der Waals surface area contributed by atoms with E-state index in [1.165, 1.54) is 5.56 Å². The molecule has 5 aromatic rings. The van der Waals surface area contributed by atoms with Crippen LogP contribution in [0.3, 0.4) is 0 Å². The molecule has 0 radical (unpaired) electrons. The van der Waals surface area contributed by atoms with Gasteiger partial charge in [-0.15, -0.1) is 21.5 Å². The fraction of sp³-hybridized carbons (Fsp3) is 0.130. The Hall–Kier alpha value is -3.23. The van der Waals surface area contributed by atoms with Crippen LogP contribution < -0.4 is 5.56 Å². The Balaban J connectivity index is 1.47. The first-order valence-electron chi connectivity index (χ1n) is 9.80. The van der Waals surface area contributed by atoms with Gasteiger partial charge in [0, 0.05) is 18.0 Å². The molecule has 0 fully saturated rings. The van der Waals surface area contributed by atoms with E-state index in [1.54, 1.807) is 39.8 Å². The Labute approximate surface area is 187 Å². The van der Waals surface area contributed by atoms with Crippen molar-refractivity contribution in [2.24, 2.45) is 0 Å². The van der Waals surface area contributed by atoms with Gasteiger partial charge in [0.2, 0.25) is 0 Å². The summed E-state index contributed by atoms with van der Waals surface area (Å²) < 4.78 is 3.69. The third-order valence-corrected chi connectivity index (χ3v) is 6.73. The van der Waals surface area contributed by atoms with Crippen LogP contribution in [-0.2, 0) is 12.3 Å². The van der Waals surface area contributed by atoms with Crippen molar-refractivity contribution >= 4 is 28.7 Å². The van der Waals surface area contributed by atoms with Crippen LogP contribution in [0.4, 0.5) is 0 Å². The molecule has 0 bridgehead atoms. The number of thiophene rings is 1. The zero-order valence-corrected chi connectivity index (χ0v) is 18.4. The molecule has 8 heteroatoms. The summed E-state index contributed by atoms with van der Waals surface area (Å²) in [6, 6.07) is 19.8. The number of hydrogen-bond acceptors (Lipinski definition) is 6. The van der Waals surface area contributed by atoms with Crippen molar-refractivity contribution in [3.05, 3.63) is 99.4 Å². The van der Waals surface area contributed by atoms with Crippen LogP contribution in [0.15, 0.2) is 82.2 Å². The third-order valence-electron chi connectivity index (χ3n) is 4.87. The molecule has 0 atom stereocenters. The predicted octanol–water partition coefficient (Wildman–Crippen LogP) is 4.66. The van der Waals surface area contributed by atoms with Gasteiger partial charge >= 0.3 is 0 Å². The van der Waals surface area contributed by atoms with Gasteiger partial charge < -0.3 is 0 Å². The Morgan fingerprint density at radius 2 is 1.90 bits per heavy atom. The minimum atomic E-state index is -0.0781. The lowest BCUT2D eigenvalue weighted by atomic mass is 10.2. The average molecular weight is 446 g/mol. The first kappa shape index (κ1) is 19.7. The number of rotatable bonds is 6. The Morgan fingerprint density at radius 1 is 1.03 bits per heavy atom. The van der Waals surface area contributed by atoms with Crippen molar-refractivity contribution in [1.82, 2.24) is 24.1 Å². The second-order valence-corrected chi connectivity index (χ2v) is 9.05. The van der Waals surface area contributed by atoms with E-state index in [1.807, 2.05) is 48.7 Å². The summed E-state index contributed by atoms with van der Waals surface area (Å²) in [5, 5.41) is 11.8. The molecule has 0 unspecified atom stereocenters. The van der Waals surface area contributed by atoms with Crippen molar-refractivity contribution in [1.29, 1.82) is 0 Å². The number of aryl methyl sites for hydroxylation is 1. The lowest BCUT2D eigenvalue weighted by molar-refractivity contribution is 0.715. The highest BCUT2D eigenvalue weighted by molar-refractivity contribution is 7.98. The summed E-state index contributed by atoms with van der Waals surface area (Å²) in [6.07, 6.45) is 1.76. The molecule has 0 aliphatic carbocycles. The Morgan fingerprint density at radius 3 is 2.71 bits per heavy atom. The van der Waals surface area contributed by atoms with E-state index in [2.05, 4.69) is 37.9 Å². The molecule has 6 nitrogen and oxygen atoms in total. The smallest absolute Gasteiger partial charge is 0.258 e. The van der Waals surface area contributed by atoms with E-state index in [0.717, 1.165) is 27.1 Å². The number of nitrogens with zero attached hydrogens (tertiary/aromatic N) is 5. The highest BCUT2D eigenvalue weighted by Gasteiger charge is 2.16. The lowest BCUT2D eigenvalue weighted by Crippen LogP contribution is -2.15. The Bertz CT molecular complexity index is 1390. The fourth-order valence-corrected chi connectivity index (χ4v) is 4.91. The van der Waals surface area contributed by atoms with Gasteiger partial charge in [0.25, 0.3) is 5.56 Å². The quantitative estimate of drug-likeness (QED) is 0.356. The van der Waals surface area contributed by atoms with Crippen molar-refractivity contribution in [3.63, 3.8) is 0 Å². The first-order chi connectivity index (χ1) is 15.2. The highest BCUT2D eigenvalue weighted by Crippen LogP contribution is 2.29. The van der Waals surface area contributed by atoms with Crippen LogP contribution in [0.2, 0.25) is 0 Å². The number of aromatic nitrogens is 5. The molecule has 0 amide bonds. The van der Waals surface area contributed by atoms with Gasteiger partial charge in [-0.25, -0.2) is 4.98 Å². The van der Waals surface area contributed by atoms with E-state index < -0.39 is 0 Å². The number of thioether (sulfide) groups is 1. The first-order valence-corrected chi connectivity index (χ1v) is 11.7. The normalized spacial score (nSPS) is 11.3. The number of fused-ring (bicyclic) bond motifs is 1. The SMILES string of the molecule is Cc1ccn2c(=O)cc(CSc3nnc(-c4cccs4)n3Cc3ccccc3)nc2c1. The number of hydrogen-bond donors (Lipinski definition) is 0. The largest absolute Gasteiger partial charge is 0.297 e. The standard InChI is InChI=1S/C23H19N5OS2/c1-16-9-10-27-20(12-16)24-18(13-21(27)29)15-31-23-26-25-22(19-8-5-11-30-19)28(23)14-17-6-3-2-4-7-17/h2-13H,14-15H2,1H3. The summed E-state index contributed by atoms with van der Waals surface area (Å²) in [4.78, 5) is 18.2. The fourth-order valence-electron chi connectivity index (χ4n) is 3.36. The molecule has 31 heavy (non-hydrogen) atoms. The summed E-state index contributed by atoms with van der Waals surface area (Å²) in [6.45, 7) is 2.67. The van der Waals surface area contributed by atoms with Crippen LogP contribution in [0.1, 0.15) is 16.8 Å². The molecule has 0 aliphatic heterocycles. The van der Waals surface area contributed by atoms with Crippen LogP contribution in [-0.4, -0.2) is 24.1 Å². The number of pyridine rings is 1. The maximum absolute atomic E-state index is 12.5. The van der Waals surface area contributed by atoms with Crippen molar-refractivity contribution in [3.8, 4) is 10.7 Å². The second kappa shape index (κ2) is 8.49. The molecule has 0 saturated carbocycles. The van der Waals surface area contributed by atoms with Gasteiger partial charge in [-0.2, -0.15) is 0 Å². The van der Waals surface area contributed by atoms with Crippen LogP contribution in [0.5, 0.6) is 0 Å². The van der Waals surface area contributed by atoms with E-state index in [0.29, 0.717) is 17.9 Å². The van der Waals surface area contributed by atoms with Gasteiger partial charge in [-0.3, -0.25) is 13.8 Å². The molecule has 1 aromatic carbocycles. The van der Waals surface area contributed by atoms with Crippen LogP contribution in [0.25, 0.3) is 16.3 Å². The molecule has 5 rings (SSSR count). The van der Waals surface area contributed by atoms with E-state index >= 15 is 0 Å². The van der Waals surface area contributed by atoms with Crippen molar-refractivity contribution in [2.75, 3.05) is 0 Å². The topological polar surface area (TPSA) is 65.1 Å². The zero-order chi connectivity index (χ0) is 21.2. The molecule has 4 heterocycles. The van der Waals surface area contributed by atoms with Crippen molar-refractivity contribution in [2.45, 2.75) is 24.4 Å². The molecule has 0 saturated heterocycles. The van der Waals surface area contributed by atoms with Crippen molar-refractivity contribution < 1.29 is 0 Å². The molecular formula is C23H19N5OS2. The maximum Gasteiger partial charge on any atom is 0.258 e. The van der Waals surface area contributed by atoms with Gasteiger partial charge in [-0.1, -0.05) is 48.2 Å². The zero-order valence-electron chi connectivity index (χ0n) is 16.8. The summed E-state index contributed by atoms with van der Waals surface area (Å²) in [7, 11) is 0. The molecular weight excluding hydrogens is 426 g/mol. The van der Waals surface area contributed by atoms with E-state index in [4.69, 9.17) is 0 Å². The minimum Gasteiger partial charge on any atom is -0.297 e. The van der Waals surface area contributed by atoms with Crippen LogP contribution >= 0.6 is 23.1 Å². The minimum absolute atomic E-state index is 0.0781. The Kier molecular flexibility index (Phi) is 5.40. The van der Waals surface area contributed by atoms with Gasteiger partial charge in [0.15, 0.2) is 11.0 Å². The average Bonchev–Trinajstić information content (AvgIpc) is 3.43. The van der Waals surface area contributed by atoms with Gasteiger partial charge in [0.05, 0.1) is 17.1 Å². The van der Waals surface area contributed by atoms with Crippen LogP contribution in [0, 0.1) is 6.92 Å². The van der Waals surface area contributed by atoms with Gasteiger partial charge in [0.1, 0.15) is 5.65 Å². The van der Waals surface area contributed by atoms with E-state index in [-0.39, 0.29) is 5.56 Å². The third kappa shape index (κ3) is 4.17. The molecule has 0 aliphatic rings. The molecule has 0 N–H and O–H groups in total. The molecule has 4 aromatic heterocycles. The summed E-state index contributed by atoms with van der Waals surface area (Å²) in [5.41, 5.74) is 3.56. The maximum atomic E-state index is 12.5. The second-order valence-electron chi connectivity index (χ2n) is 7.16. The highest BCUT2D eigenvalue weighted by atomic mass is 32.2.